The van der Waals surface area contributed by atoms with E-state index in [-0.39, 0.29) is 50.6 Å². The minimum absolute atomic E-state index is 0.0227. The van der Waals surface area contributed by atoms with E-state index in [1.54, 1.807) is 45.0 Å². The van der Waals surface area contributed by atoms with Crippen molar-refractivity contribution in [3.63, 3.8) is 0 Å². The van der Waals surface area contributed by atoms with E-state index in [0.29, 0.717) is 23.0 Å². The average Bonchev–Trinajstić information content (AvgIpc) is 3.91. The average molecular weight is 739 g/mol. The second-order valence-corrected chi connectivity index (χ2v) is 14.6. The molecule has 1 heterocycles. The number of fused-ring (bicyclic) bond motifs is 1. The van der Waals surface area contributed by atoms with Crippen LogP contribution >= 0.6 is 22.6 Å². The van der Waals surface area contributed by atoms with Crippen molar-refractivity contribution in [2.75, 3.05) is 13.2 Å². The van der Waals surface area contributed by atoms with Crippen molar-refractivity contribution in [3.05, 3.63) is 45.0 Å². The molecule has 5 rings (SSSR count). The standard InChI is InChI=1S/C33H43IN2O9/c1-32(2,3)44-28(39)12-11-24(18-37)36-27(38)13-14-35-30(40)20-16-25(42-31(41)19-5-4-6-23(34)15-19)29-26(17-20)43-33(45-29,21-7-8-21)22-9-10-22/h4-6,15,17,21-22,24-26,29,37H,7-14,16,18H2,1-3H3,(H,35,40)(H,36,38). The Bertz CT molecular complexity index is 1310. The lowest BCUT2D eigenvalue weighted by Crippen LogP contribution is -2.44. The monoisotopic (exact) mass is 738 g/mol. The van der Waals surface area contributed by atoms with Crippen LogP contribution in [0, 0.1) is 15.4 Å². The van der Waals surface area contributed by atoms with Gasteiger partial charge in [0.1, 0.15) is 23.9 Å². The summed E-state index contributed by atoms with van der Waals surface area (Å²) < 4.78 is 25.4. The molecule has 3 N–H and O–H groups in total. The molecule has 12 heteroatoms. The van der Waals surface area contributed by atoms with Crippen LogP contribution in [0.2, 0.25) is 0 Å². The van der Waals surface area contributed by atoms with Gasteiger partial charge in [0.2, 0.25) is 11.8 Å². The zero-order valence-corrected chi connectivity index (χ0v) is 28.2. The number of ether oxygens (including phenoxy) is 4. The van der Waals surface area contributed by atoms with E-state index in [4.69, 9.17) is 18.9 Å². The van der Waals surface area contributed by atoms with Crippen LogP contribution in [0.5, 0.6) is 0 Å². The first-order valence-electron chi connectivity index (χ1n) is 15.8. The number of aliphatic hydroxyl groups excluding tert-OH is 1. The molecule has 0 bridgehead atoms. The van der Waals surface area contributed by atoms with Crippen molar-refractivity contribution >= 4 is 46.3 Å². The minimum Gasteiger partial charge on any atom is -0.460 e. The molecule has 1 aliphatic heterocycles. The molecule has 2 saturated carbocycles. The molecule has 4 atom stereocenters. The van der Waals surface area contributed by atoms with Gasteiger partial charge in [-0.25, -0.2) is 4.79 Å². The van der Waals surface area contributed by atoms with Crippen LogP contribution in [-0.4, -0.2) is 77.8 Å². The largest absolute Gasteiger partial charge is 0.460 e. The van der Waals surface area contributed by atoms with Gasteiger partial charge in [-0.05, 0) is 99.7 Å². The van der Waals surface area contributed by atoms with Gasteiger partial charge in [-0.1, -0.05) is 6.07 Å². The highest BCUT2D eigenvalue weighted by Crippen LogP contribution is 2.59. The maximum Gasteiger partial charge on any atom is 0.338 e. The summed E-state index contributed by atoms with van der Waals surface area (Å²) in [5, 5.41) is 15.2. The van der Waals surface area contributed by atoms with Crippen molar-refractivity contribution < 1.29 is 43.2 Å². The van der Waals surface area contributed by atoms with Gasteiger partial charge in [0.25, 0.3) is 0 Å². The fourth-order valence-electron chi connectivity index (χ4n) is 5.99. The third-order valence-corrected chi connectivity index (χ3v) is 9.03. The number of halogens is 1. The Balaban J connectivity index is 1.18. The molecule has 1 aromatic carbocycles. The lowest BCUT2D eigenvalue weighted by atomic mass is 9.91. The smallest absolute Gasteiger partial charge is 0.338 e. The fraction of sp³-hybridized carbons (Fsp3) is 0.636. The molecule has 246 valence electrons. The number of amides is 2. The lowest BCUT2D eigenvalue weighted by molar-refractivity contribution is -0.209. The van der Waals surface area contributed by atoms with Crippen LogP contribution in [0.3, 0.4) is 0 Å². The summed E-state index contributed by atoms with van der Waals surface area (Å²) in [5.74, 6) is -1.73. The van der Waals surface area contributed by atoms with Gasteiger partial charge in [-0.2, -0.15) is 0 Å². The van der Waals surface area contributed by atoms with Crippen molar-refractivity contribution in [2.45, 2.75) is 108 Å². The number of hydrogen-bond donors (Lipinski definition) is 3. The van der Waals surface area contributed by atoms with Gasteiger partial charge in [-0.15, -0.1) is 0 Å². The number of benzene rings is 1. The molecule has 45 heavy (non-hydrogen) atoms. The molecule has 0 spiro atoms. The van der Waals surface area contributed by atoms with Crippen molar-refractivity contribution in [2.24, 2.45) is 11.8 Å². The SMILES string of the molecule is CC(C)(C)OC(=O)CCC(CO)NC(=O)CCNC(=O)C1=CC2OC(C3CC3)(C3CC3)OC2C(OC(=O)c2cccc(I)c2)C1. The number of carbonyl (C=O) groups is 4. The van der Waals surface area contributed by atoms with Crippen molar-refractivity contribution in [1.82, 2.24) is 10.6 Å². The molecule has 0 aromatic heterocycles. The molecule has 3 aliphatic carbocycles. The van der Waals surface area contributed by atoms with Gasteiger partial charge in [-0.3, -0.25) is 14.4 Å². The highest BCUT2D eigenvalue weighted by molar-refractivity contribution is 14.1. The number of esters is 2. The first-order valence-corrected chi connectivity index (χ1v) is 16.9. The predicted octanol–water partition coefficient (Wildman–Crippen LogP) is 3.55. The van der Waals surface area contributed by atoms with Crippen LogP contribution in [0.1, 0.15) is 82.5 Å². The summed E-state index contributed by atoms with van der Waals surface area (Å²) in [6, 6.07) is 6.52. The number of nitrogens with one attached hydrogen (secondary N) is 2. The second-order valence-electron chi connectivity index (χ2n) is 13.4. The van der Waals surface area contributed by atoms with E-state index in [0.717, 1.165) is 29.3 Å². The Kier molecular flexibility index (Phi) is 10.6. The van der Waals surface area contributed by atoms with Gasteiger partial charge in [0.15, 0.2) is 5.79 Å². The predicted molar refractivity (Wildman–Crippen MR) is 171 cm³/mol. The summed E-state index contributed by atoms with van der Waals surface area (Å²) in [6.07, 6.45) is 4.54. The zero-order valence-electron chi connectivity index (χ0n) is 26.0. The summed E-state index contributed by atoms with van der Waals surface area (Å²) >= 11 is 2.14. The van der Waals surface area contributed by atoms with E-state index < -0.39 is 47.7 Å². The molecule has 4 unspecified atom stereocenters. The molecule has 1 aromatic rings. The van der Waals surface area contributed by atoms with E-state index in [1.807, 2.05) is 6.07 Å². The third kappa shape index (κ3) is 8.83. The fourth-order valence-corrected chi connectivity index (χ4v) is 6.53. The van der Waals surface area contributed by atoms with Crippen LogP contribution in [0.25, 0.3) is 0 Å². The molecular weight excluding hydrogens is 695 g/mol. The topological polar surface area (TPSA) is 149 Å². The summed E-state index contributed by atoms with van der Waals surface area (Å²) in [4.78, 5) is 51.0. The molecule has 3 fully saturated rings. The summed E-state index contributed by atoms with van der Waals surface area (Å²) in [7, 11) is 0. The first-order chi connectivity index (χ1) is 21.4. The van der Waals surface area contributed by atoms with Crippen LogP contribution < -0.4 is 10.6 Å². The number of hydrogen-bond acceptors (Lipinski definition) is 9. The Hall–Kier alpha value is -2.55. The van der Waals surface area contributed by atoms with E-state index >= 15 is 0 Å². The van der Waals surface area contributed by atoms with Crippen molar-refractivity contribution in [1.29, 1.82) is 0 Å². The Morgan fingerprint density at radius 2 is 1.80 bits per heavy atom. The maximum atomic E-state index is 13.3. The van der Waals surface area contributed by atoms with Gasteiger partial charge in [0, 0.05) is 46.8 Å². The first kappa shape index (κ1) is 33.8. The maximum absolute atomic E-state index is 13.3. The van der Waals surface area contributed by atoms with E-state index in [9.17, 15) is 24.3 Å². The summed E-state index contributed by atoms with van der Waals surface area (Å²) in [6.45, 7) is 5.04. The minimum atomic E-state index is -0.718. The molecule has 4 aliphatic rings. The molecular formula is C33H43IN2O9. The Morgan fingerprint density at radius 1 is 1.09 bits per heavy atom. The second kappa shape index (κ2) is 14.1. The van der Waals surface area contributed by atoms with Crippen LogP contribution in [0.15, 0.2) is 35.9 Å². The molecule has 0 radical (unpaired) electrons. The number of rotatable bonds is 13. The Labute approximate surface area is 277 Å². The van der Waals surface area contributed by atoms with E-state index in [2.05, 4.69) is 33.2 Å². The van der Waals surface area contributed by atoms with Crippen LogP contribution in [0.4, 0.5) is 0 Å². The van der Waals surface area contributed by atoms with Crippen LogP contribution in [-0.2, 0) is 33.3 Å². The van der Waals surface area contributed by atoms with Gasteiger partial charge >= 0.3 is 11.9 Å². The highest BCUT2D eigenvalue weighted by Gasteiger charge is 2.64. The normalized spacial score (nSPS) is 24.6. The number of carbonyl (C=O) groups excluding carboxylic acids is 4. The quantitative estimate of drug-likeness (QED) is 0.204. The summed E-state index contributed by atoms with van der Waals surface area (Å²) in [5.41, 5.74) is 0.222. The highest BCUT2D eigenvalue weighted by atomic mass is 127. The number of aliphatic hydroxyl groups is 1. The van der Waals surface area contributed by atoms with Crippen molar-refractivity contribution in [3.8, 4) is 0 Å². The Morgan fingerprint density at radius 3 is 2.42 bits per heavy atom. The van der Waals surface area contributed by atoms with Gasteiger partial charge in [0.05, 0.1) is 18.2 Å². The third-order valence-electron chi connectivity index (χ3n) is 8.36. The molecule has 2 amide bonds. The molecule has 11 nitrogen and oxygen atoms in total. The lowest BCUT2D eigenvalue weighted by Gasteiger charge is -2.31. The molecule has 1 saturated heterocycles. The van der Waals surface area contributed by atoms with Gasteiger partial charge < -0.3 is 34.7 Å². The van der Waals surface area contributed by atoms with E-state index in [1.165, 1.54) is 0 Å². The zero-order chi connectivity index (χ0) is 32.4.